The Morgan fingerprint density at radius 3 is 2.26 bits per heavy atom. The summed E-state index contributed by atoms with van der Waals surface area (Å²) in [5, 5.41) is 12.6. The van der Waals surface area contributed by atoms with Crippen molar-refractivity contribution in [3.8, 4) is 22.6 Å². The van der Waals surface area contributed by atoms with Crippen molar-refractivity contribution < 1.29 is 19.4 Å². The van der Waals surface area contributed by atoms with Gasteiger partial charge >= 0.3 is 5.97 Å². The van der Waals surface area contributed by atoms with Gasteiger partial charge in [0, 0.05) is 40.6 Å². The third-order valence-corrected chi connectivity index (χ3v) is 6.23. The van der Waals surface area contributed by atoms with Gasteiger partial charge in [0.1, 0.15) is 11.5 Å². The van der Waals surface area contributed by atoms with Gasteiger partial charge < -0.3 is 19.9 Å². The topological polar surface area (TPSA) is 67.8 Å². The molecule has 1 fully saturated rings. The standard InChI is InChI=1S/C26H33NO4/c1-17-22(14-15-23(28)29)25(30-3)18(2)24(26(17)31-4)20-10-12-21(13-11-20)27-16-19-8-6-5-7-9-19/h10-15,19,27H,5-9,16H2,1-4H3,(H,28,29). The van der Waals surface area contributed by atoms with Crippen LogP contribution in [0.3, 0.4) is 0 Å². The molecule has 166 valence electrons. The van der Waals surface area contributed by atoms with Gasteiger partial charge in [-0.15, -0.1) is 0 Å². The molecular formula is C26H33NO4. The molecule has 0 atom stereocenters. The van der Waals surface area contributed by atoms with E-state index in [1.165, 1.54) is 32.1 Å². The molecule has 0 aliphatic heterocycles. The Bertz CT molecular complexity index is 941. The second kappa shape index (κ2) is 10.4. The first-order valence-electron chi connectivity index (χ1n) is 11.0. The van der Waals surface area contributed by atoms with Crippen LogP contribution >= 0.6 is 0 Å². The van der Waals surface area contributed by atoms with Crippen molar-refractivity contribution in [2.75, 3.05) is 26.1 Å². The predicted molar refractivity (Wildman–Crippen MR) is 126 cm³/mol. The number of hydrogen-bond acceptors (Lipinski definition) is 4. The van der Waals surface area contributed by atoms with Crippen LogP contribution in [0.2, 0.25) is 0 Å². The SMILES string of the molecule is COc1c(C)c(-c2ccc(NCC3CCCCC3)cc2)c(OC)c(C)c1C=CC(=O)O. The quantitative estimate of drug-likeness (QED) is 0.504. The lowest BCUT2D eigenvalue weighted by molar-refractivity contribution is -0.131. The van der Waals surface area contributed by atoms with Crippen LogP contribution in [0.1, 0.15) is 48.8 Å². The van der Waals surface area contributed by atoms with Crippen molar-refractivity contribution in [1.29, 1.82) is 0 Å². The molecule has 0 unspecified atom stereocenters. The first-order valence-corrected chi connectivity index (χ1v) is 11.0. The molecule has 2 aromatic carbocycles. The molecule has 0 radical (unpaired) electrons. The Morgan fingerprint density at radius 2 is 1.68 bits per heavy atom. The van der Waals surface area contributed by atoms with E-state index in [9.17, 15) is 4.79 Å². The Kier molecular flexibility index (Phi) is 7.61. The zero-order valence-corrected chi connectivity index (χ0v) is 19.0. The molecule has 0 aromatic heterocycles. The van der Waals surface area contributed by atoms with E-state index in [4.69, 9.17) is 14.6 Å². The smallest absolute Gasteiger partial charge is 0.328 e. The summed E-state index contributed by atoms with van der Waals surface area (Å²) in [5.74, 6) is 1.16. The van der Waals surface area contributed by atoms with E-state index in [-0.39, 0.29) is 0 Å². The molecule has 2 aromatic rings. The zero-order valence-electron chi connectivity index (χ0n) is 19.0. The normalized spacial score (nSPS) is 14.6. The van der Waals surface area contributed by atoms with Crippen LogP contribution < -0.4 is 14.8 Å². The van der Waals surface area contributed by atoms with Gasteiger partial charge in [-0.25, -0.2) is 4.79 Å². The van der Waals surface area contributed by atoms with E-state index in [1.807, 2.05) is 13.8 Å². The maximum absolute atomic E-state index is 11.0. The molecule has 31 heavy (non-hydrogen) atoms. The number of anilines is 1. The molecule has 5 heteroatoms. The van der Waals surface area contributed by atoms with E-state index < -0.39 is 5.97 Å². The van der Waals surface area contributed by atoms with Crippen molar-refractivity contribution in [2.45, 2.75) is 46.0 Å². The van der Waals surface area contributed by atoms with Gasteiger partial charge in [0.2, 0.25) is 0 Å². The maximum atomic E-state index is 11.0. The van der Waals surface area contributed by atoms with E-state index in [2.05, 4.69) is 29.6 Å². The fourth-order valence-corrected chi connectivity index (χ4v) is 4.60. The molecule has 5 nitrogen and oxygen atoms in total. The predicted octanol–water partition coefficient (Wildman–Crippen LogP) is 6.08. The summed E-state index contributed by atoms with van der Waals surface area (Å²) in [4.78, 5) is 11.0. The minimum Gasteiger partial charge on any atom is -0.496 e. The Labute approximate surface area is 185 Å². The lowest BCUT2D eigenvalue weighted by Gasteiger charge is -2.23. The second-order valence-electron chi connectivity index (χ2n) is 8.24. The maximum Gasteiger partial charge on any atom is 0.328 e. The van der Waals surface area contributed by atoms with Gasteiger partial charge in [0.15, 0.2) is 0 Å². The molecule has 0 heterocycles. The van der Waals surface area contributed by atoms with Crippen LogP contribution in [-0.2, 0) is 4.79 Å². The van der Waals surface area contributed by atoms with Crippen molar-refractivity contribution >= 4 is 17.7 Å². The number of nitrogens with one attached hydrogen (secondary N) is 1. The number of aliphatic carboxylic acids is 1. The summed E-state index contributed by atoms with van der Waals surface area (Å²) in [6.45, 7) is 4.93. The number of hydrogen-bond donors (Lipinski definition) is 2. The summed E-state index contributed by atoms with van der Waals surface area (Å²) in [7, 11) is 3.25. The number of rotatable bonds is 8. The Balaban J connectivity index is 1.92. The molecule has 3 rings (SSSR count). The van der Waals surface area contributed by atoms with Crippen molar-refractivity contribution in [1.82, 2.24) is 0 Å². The third-order valence-electron chi connectivity index (χ3n) is 6.23. The van der Waals surface area contributed by atoms with Gasteiger partial charge in [-0.2, -0.15) is 0 Å². The largest absolute Gasteiger partial charge is 0.496 e. The molecule has 0 saturated heterocycles. The minimum atomic E-state index is -1.00. The van der Waals surface area contributed by atoms with Gasteiger partial charge in [0.05, 0.1) is 14.2 Å². The minimum absolute atomic E-state index is 0.658. The molecular weight excluding hydrogens is 390 g/mol. The third kappa shape index (κ3) is 5.22. The average Bonchev–Trinajstić information content (AvgIpc) is 2.78. The van der Waals surface area contributed by atoms with Crippen molar-refractivity contribution in [2.24, 2.45) is 5.92 Å². The van der Waals surface area contributed by atoms with Crippen LogP contribution in [0.15, 0.2) is 30.3 Å². The van der Waals surface area contributed by atoms with Crippen molar-refractivity contribution in [3.63, 3.8) is 0 Å². The van der Waals surface area contributed by atoms with Crippen LogP contribution in [-0.4, -0.2) is 31.8 Å². The molecule has 0 bridgehead atoms. The van der Waals surface area contributed by atoms with E-state index in [1.54, 1.807) is 20.3 Å². The number of carboxylic acid groups (broad SMARTS) is 1. The second-order valence-corrected chi connectivity index (χ2v) is 8.24. The van der Waals surface area contributed by atoms with E-state index in [0.717, 1.165) is 52.2 Å². The highest BCUT2D eigenvalue weighted by Crippen LogP contribution is 2.44. The first-order chi connectivity index (χ1) is 15.0. The van der Waals surface area contributed by atoms with E-state index >= 15 is 0 Å². The number of carboxylic acids is 1. The zero-order chi connectivity index (χ0) is 22.4. The van der Waals surface area contributed by atoms with Crippen molar-refractivity contribution in [3.05, 3.63) is 47.0 Å². The highest BCUT2D eigenvalue weighted by atomic mass is 16.5. The highest BCUT2D eigenvalue weighted by Gasteiger charge is 2.21. The molecule has 1 saturated carbocycles. The average molecular weight is 424 g/mol. The summed E-state index contributed by atoms with van der Waals surface area (Å²) >= 11 is 0. The fraction of sp³-hybridized carbons (Fsp3) is 0.423. The van der Waals surface area contributed by atoms with Gasteiger partial charge in [-0.05, 0) is 56.4 Å². The molecule has 2 N–H and O–H groups in total. The summed E-state index contributed by atoms with van der Waals surface area (Å²) < 4.78 is 11.4. The number of methoxy groups -OCH3 is 2. The van der Waals surface area contributed by atoms with Crippen LogP contribution in [0.25, 0.3) is 17.2 Å². The van der Waals surface area contributed by atoms with Crippen LogP contribution in [0.4, 0.5) is 5.69 Å². The van der Waals surface area contributed by atoms with Gasteiger partial charge in [-0.3, -0.25) is 0 Å². The van der Waals surface area contributed by atoms with E-state index in [0.29, 0.717) is 11.3 Å². The summed E-state index contributed by atoms with van der Waals surface area (Å²) in [6, 6.07) is 8.41. The van der Waals surface area contributed by atoms with Gasteiger partial charge in [0.25, 0.3) is 0 Å². The van der Waals surface area contributed by atoms with Gasteiger partial charge in [-0.1, -0.05) is 31.4 Å². The number of benzene rings is 2. The van der Waals surface area contributed by atoms with Crippen LogP contribution in [0.5, 0.6) is 11.5 Å². The Morgan fingerprint density at radius 1 is 1.03 bits per heavy atom. The van der Waals surface area contributed by atoms with Crippen LogP contribution in [0, 0.1) is 19.8 Å². The summed E-state index contributed by atoms with van der Waals surface area (Å²) in [6.07, 6.45) is 9.41. The first kappa shape index (κ1) is 22.7. The molecule has 1 aliphatic rings. The fourth-order valence-electron chi connectivity index (χ4n) is 4.60. The Hall–Kier alpha value is -2.95. The molecule has 0 amide bonds. The highest BCUT2D eigenvalue weighted by molar-refractivity contribution is 5.89. The number of carbonyl (C=O) groups is 1. The number of ether oxygens (including phenoxy) is 2. The monoisotopic (exact) mass is 423 g/mol. The molecule has 0 spiro atoms. The lowest BCUT2D eigenvalue weighted by Crippen LogP contribution is -2.16. The lowest BCUT2D eigenvalue weighted by atomic mass is 9.89. The molecule has 1 aliphatic carbocycles. The summed E-state index contributed by atoms with van der Waals surface area (Å²) in [5.41, 5.74) is 5.59.